The molecule has 2 aliphatic heterocycles. The second-order valence-corrected chi connectivity index (χ2v) is 5.45. The molecular formula is C12H14BrN. The van der Waals surface area contributed by atoms with E-state index in [1.54, 1.807) is 0 Å². The van der Waals surface area contributed by atoms with Crippen LogP contribution in [0.5, 0.6) is 0 Å². The van der Waals surface area contributed by atoms with Crippen LogP contribution in [0.3, 0.4) is 0 Å². The molecule has 2 bridgehead atoms. The number of halogens is 1. The molecule has 1 aliphatic carbocycles. The Morgan fingerprint density at radius 2 is 2.14 bits per heavy atom. The van der Waals surface area contributed by atoms with Gasteiger partial charge in [-0.15, -0.1) is 0 Å². The molecule has 1 atom stereocenters. The average Bonchev–Trinajstić information content (AvgIpc) is 2.17. The molecule has 1 saturated carbocycles. The molecule has 2 heteroatoms. The summed E-state index contributed by atoms with van der Waals surface area (Å²) in [6.07, 6.45) is 2.87. The quantitative estimate of drug-likeness (QED) is 0.809. The van der Waals surface area contributed by atoms with E-state index in [1.165, 1.54) is 29.4 Å². The van der Waals surface area contributed by atoms with Gasteiger partial charge in [0.1, 0.15) is 0 Å². The summed E-state index contributed by atoms with van der Waals surface area (Å²) < 4.78 is 1.19. The third-order valence-corrected chi connectivity index (χ3v) is 4.07. The largest absolute Gasteiger partial charge is 0.309 e. The van der Waals surface area contributed by atoms with Gasteiger partial charge in [0, 0.05) is 10.5 Å². The van der Waals surface area contributed by atoms with Crippen LogP contribution in [-0.2, 0) is 0 Å². The van der Waals surface area contributed by atoms with Gasteiger partial charge in [-0.25, -0.2) is 0 Å². The van der Waals surface area contributed by atoms with Gasteiger partial charge in [0.25, 0.3) is 0 Å². The molecule has 2 saturated heterocycles. The zero-order valence-electron chi connectivity index (χ0n) is 8.04. The first-order valence-electron chi connectivity index (χ1n) is 5.32. The van der Waals surface area contributed by atoms with Crippen molar-refractivity contribution in [3.05, 3.63) is 34.3 Å². The maximum absolute atomic E-state index is 3.64. The SMILES string of the molecule is Brc1cccc(C2NCC3CC2C3)c1. The lowest BCUT2D eigenvalue weighted by atomic mass is 9.66. The van der Waals surface area contributed by atoms with Gasteiger partial charge in [0.2, 0.25) is 0 Å². The van der Waals surface area contributed by atoms with Crippen molar-refractivity contribution in [2.45, 2.75) is 18.9 Å². The van der Waals surface area contributed by atoms with E-state index in [0.29, 0.717) is 6.04 Å². The summed E-state index contributed by atoms with van der Waals surface area (Å²) in [6.45, 7) is 1.22. The molecule has 14 heavy (non-hydrogen) atoms. The van der Waals surface area contributed by atoms with Gasteiger partial charge in [0.15, 0.2) is 0 Å². The predicted octanol–water partition coefficient (Wildman–Crippen LogP) is 3.12. The monoisotopic (exact) mass is 251 g/mol. The van der Waals surface area contributed by atoms with Crippen LogP contribution >= 0.6 is 15.9 Å². The highest BCUT2D eigenvalue weighted by molar-refractivity contribution is 9.10. The fourth-order valence-corrected chi connectivity index (χ4v) is 3.19. The van der Waals surface area contributed by atoms with Crippen molar-refractivity contribution in [2.75, 3.05) is 6.54 Å². The third-order valence-electron chi connectivity index (χ3n) is 3.58. The number of benzene rings is 1. The molecule has 3 aliphatic rings. The fourth-order valence-electron chi connectivity index (χ4n) is 2.78. The number of fused-ring (bicyclic) bond motifs is 2. The van der Waals surface area contributed by atoms with Crippen molar-refractivity contribution in [2.24, 2.45) is 11.8 Å². The molecule has 3 fully saturated rings. The minimum absolute atomic E-state index is 0.609. The summed E-state index contributed by atoms with van der Waals surface area (Å²) in [6, 6.07) is 9.32. The molecule has 74 valence electrons. The average molecular weight is 252 g/mol. The van der Waals surface area contributed by atoms with Crippen molar-refractivity contribution in [1.29, 1.82) is 0 Å². The lowest BCUT2D eigenvalue weighted by Crippen LogP contribution is -2.48. The molecule has 0 spiro atoms. The Bertz CT molecular complexity index is 341. The number of hydrogen-bond donors (Lipinski definition) is 1. The van der Waals surface area contributed by atoms with Gasteiger partial charge in [-0.05, 0) is 48.9 Å². The summed E-state index contributed by atoms with van der Waals surface area (Å²) in [7, 11) is 0. The number of piperidine rings is 2. The summed E-state index contributed by atoms with van der Waals surface area (Å²) in [5.74, 6) is 1.87. The van der Waals surface area contributed by atoms with Crippen LogP contribution in [-0.4, -0.2) is 6.54 Å². The van der Waals surface area contributed by atoms with Crippen molar-refractivity contribution in [1.82, 2.24) is 5.32 Å². The van der Waals surface area contributed by atoms with Gasteiger partial charge >= 0.3 is 0 Å². The van der Waals surface area contributed by atoms with Gasteiger partial charge in [-0.3, -0.25) is 0 Å². The van der Waals surface area contributed by atoms with E-state index in [0.717, 1.165) is 11.8 Å². The first-order chi connectivity index (χ1) is 6.83. The van der Waals surface area contributed by atoms with Crippen LogP contribution in [0.25, 0.3) is 0 Å². The maximum atomic E-state index is 3.64. The second kappa shape index (κ2) is 3.35. The van der Waals surface area contributed by atoms with E-state index in [2.05, 4.69) is 45.5 Å². The van der Waals surface area contributed by atoms with Gasteiger partial charge in [-0.1, -0.05) is 28.1 Å². The van der Waals surface area contributed by atoms with Gasteiger partial charge < -0.3 is 5.32 Å². The highest BCUT2D eigenvalue weighted by Gasteiger charge is 2.40. The maximum Gasteiger partial charge on any atom is 0.0349 e. The summed E-state index contributed by atoms with van der Waals surface area (Å²) in [5, 5.41) is 3.64. The molecule has 1 N–H and O–H groups in total. The van der Waals surface area contributed by atoms with Crippen molar-refractivity contribution < 1.29 is 0 Å². The predicted molar refractivity (Wildman–Crippen MR) is 61.1 cm³/mol. The molecule has 1 aromatic rings. The first-order valence-corrected chi connectivity index (χ1v) is 6.11. The Kier molecular flexibility index (Phi) is 2.14. The zero-order valence-corrected chi connectivity index (χ0v) is 9.63. The topological polar surface area (TPSA) is 12.0 Å². The van der Waals surface area contributed by atoms with Crippen molar-refractivity contribution >= 4 is 15.9 Å². The van der Waals surface area contributed by atoms with E-state index in [9.17, 15) is 0 Å². The normalized spacial score (nSPS) is 35.1. The van der Waals surface area contributed by atoms with E-state index < -0.39 is 0 Å². The second-order valence-electron chi connectivity index (χ2n) is 4.54. The summed E-state index contributed by atoms with van der Waals surface area (Å²) >= 11 is 3.53. The van der Waals surface area contributed by atoms with E-state index in [-0.39, 0.29) is 0 Å². The molecule has 4 rings (SSSR count). The highest BCUT2D eigenvalue weighted by Crippen LogP contribution is 2.45. The van der Waals surface area contributed by atoms with E-state index in [4.69, 9.17) is 0 Å². The van der Waals surface area contributed by atoms with Crippen LogP contribution < -0.4 is 5.32 Å². The van der Waals surface area contributed by atoms with Crippen LogP contribution in [0.15, 0.2) is 28.7 Å². The lowest BCUT2D eigenvalue weighted by Gasteiger charge is -2.47. The Morgan fingerprint density at radius 3 is 2.79 bits per heavy atom. The first kappa shape index (κ1) is 8.93. The molecule has 2 heterocycles. The van der Waals surface area contributed by atoms with E-state index >= 15 is 0 Å². The molecule has 1 aromatic carbocycles. The molecule has 0 aromatic heterocycles. The molecule has 1 nitrogen and oxygen atoms in total. The summed E-state index contributed by atoms with van der Waals surface area (Å²) in [5.41, 5.74) is 1.45. The number of hydrogen-bond acceptors (Lipinski definition) is 1. The Balaban J connectivity index is 1.87. The van der Waals surface area contributed by atoms with Crippen LogP contribution in [0.1, 0.15) is 24.4 Å². The molecule has 0 radical (unpaired) electrons. The van der Waals surface area contributed by atoms with Crippen LogP contribution in [0, 0.1) is 11.8 Å². The molecular weight excluding hydrogens is 238 g/mol. The number of nitrogens with one attached hydrogen (secondary N) is 1. The summed E-state index contributed by atoms with van der Waals surface area (Å²) in [4.78, 5) is 0. The minimum atomic E-state index is 0.609. The van der Waals surface area contributed by atoms with Gasteiger partial charge in [-0.2, -0.15) is 0 Å². The van der Waals surface area contributed by atoms with E-state index in [1.807, 2.05) is 0 Å². The van der Waals surface area contributed by atoms with Crippen molar-refractivity contribution in [3.63, 3.8) is 0 Å². The Hall–Kier alpha value is -0.340. The lowest BCUT2D eigenvalue weighted by molar-refractivity contribution is 0.0831. The fraction of sp³-hybridized carbons (Fsp3) is 0.500. The standard InChI is InChI=1S/C12H14BrN/c13-11-3-1-2-9(6-11)12-10-4-8(5-10)7-14-12/h1-3,6,8,10,12,14H,4-5,7H2. The molecule has 0 amide bonds. The Labute approximate surface area is 93.0 Å². The third kappa shape index (κ3) is 1.41. The zero-order chi connectivity index (χ0) is 9.54. The van der Waals surface area contributed by atoms with Crippen LogP contribution in [0.4, 0.5) is 0 Å². The van der Waals surface area contributed by atoms with Crippen molar-refractivity contribution in [3.8, 4) is 0 Å². The smallest absolute Gasteiger partial charge is 0.0349 e. The molecule has 1 unspecified atom stereocenters. The minimum Gasteiger partial charge on any atom is -0.309 e. The van der Waals surface area contributed by atoms with Crippen LogP contribution in [0.2, 0.25) is 0 Å². The Morgan fingerprint density at radius 1 is 1.29 bits per heavy atom. The number of rotatable bonds is 1. The van der Waals surface area contributed by atoms with Gasteiger partial charge in [0.05, 0.1) is 0 Å². The highest BCUT2D eigenvalue weighted by atomic mass is 79.9.